The summed E-state index contributed by atoms with van der Waals surface area (Å²) in [6.07, 6.45) is 0. The lowest BCUT2D eigenvalue weighted by Crippen LogP contribution is -3.14. The number of morpholine rings is 1. The number of carbonyl (C=O) groups is 2. The molecular weight excluding hydrogens is 378 g/mol. The van der Waals surface area contributed by atoms with Gasteiger partial charge in [0.25, 0.3) is 11.6 Å². The van der Waals surface area contributed by atoms with Crippen molar-refractivity contribution >= 4 is 17.6 Å². The molecule has 10 nitrogen and oxygen atoms in total. The normalized spacial score (nSPS) is 22.7. The zero-order valence-electron chi connectivity index (χ0n) is 16.2. The molecule has 1 saturated heterocycles. The number of quaternary nitrogens is 1. The lowest BCUT2D eigenvalue weighted by Gasteiger charge is -2.31. The molecule has 2 N–H and O–H groups in total. The molecule has 1 aromatic carbocycles. The van der Waals surface area contributed by atoms with Crippen LogP contribution >= 0.6 is 0 Å². The third-order valence-electron chi connectivity index (χ3n) is 5.78. The molecule has 1 aromatic rings. The van der Waals surface area contributed by atoms with E-state index in [4.69, 9.17) is 4.74 Å². The topological polar surface area (TPSA) is 109 Å². The average molecular weight is 402 g/mol. The van der Waals surface area contributed by atoms with Crippen LogP contribution in [0, 0.1) is 10.1 Å². The van der Waals surface area contributed by atoms with Crippen LogP contribution < -0.4 is 10.2 Å². The van der Waals surface area contributed by atoms with Crippen LogP contribution in [0.5, 0.6) is 0 Å². The molecule has 29 heavy (non-hydrogen) atoms. The number of rotatable bonds is 5. The Morgan fingerprint density at radius 3 is 2.79 bits per heavy atom. The third kappa shape index (κ3) is 3.68. The lowest BCUT2D eigenvalue weighted by molar-refractivity contribution is -0.907. The smallest absolute Gasteiger partial charge is 0.322 e. The van der Waals surface area contributed by atoms with Crippen LogP contribution in [0.25, 0.3) is 0 Å². The van der Waals surface area contributed by atoms with Crippen LogP contribution in [0.4, 0.5) is 10.5 Å². The van der Waals surface area contributed by atoms with Gasteiger partial charge >= 0.3 is 6.03 Å². The van der Waals surface area contributed by atoms with Gasteiger partial charge in [-0.15, -0.1) is 0 Å². The number of hydrogen-bond acceptors (Lipinski definition) is 5. The van der Waals surface area contributed by atoms with Crippen molar-refractivity contribution in [1.29, 1.82) is 0 Å². The average Bonchev–Trinajstić information content (AvgIpc) is 3.06. The number of nitro groups is 1. The number of ether oxygens (including phenoxy) is 1. The summed E-state index contributed by atoms with van der Waals surface area (Å²) in [6, 6.07) is 5.05. The SMILES string of the molecule is CN1C(=O)N[C@@H](c2cccc([N+](=O)[O-])c2)C2=C1CN(CC[NH+]1CCOCC1)C2=O. The van der Waals surface area contributed by atoms with E-state index in [0.717, 1.165) is 32.8 Å². The summed E-state index contributed by atoms with van der Waals surface area (Å²) >= 11 is 0. The number of nitrogens with zero attached hydrogens (tertiary/aromatic N) is 3. The lowest BCUT2D eigenvalue weighted by atomic mass is 9.95. The zero-order chi connectivity index (χ0) is 20.5. The van der Waals surface area contributed by atoms with Crippen molar-refractivity contribution in [2.75, 3.05) is 53.0 Å². The highest BCUT2D eigenvalue weighted by atomic mass is 16.6. The molecule has 3 aliphatic heterocycles. The Labute approximate surface area is 167 Å². The standard InChI is InChI=1S/C19H23N5O5/c1-21-15-12-23(6-5-22-7-9-29-10-8-22)18(25)16(15)17(20-19(21)26)13-3-2-4-14(11-13)24(27)28/h2-4,11,17H,5-10,12H2,1H3,(H,20,26)/p+1/t17-/m0/s1. The molecule has 3 aliphatic rings. The van der Waals surface area contributed by atoms with Gasteiger partial charge in [0.05, 0.1) is 55.1 Å². The van der Waals surface area contributed by atoms with E-state index in [1.807, 2.05) is 0 Å². The summed E-state index contributed by atoms with van der Waals surface area (Å²) in [5, 5.41) is 14.0. The number of hydrogen-bond donors (Lipinski definition) is 2. The molecule has 4 rings (SSSR count). The number of nitro benzene ring substituents is 1. The van der Waals surface area contributed by atoms with Crippen LogP contribution in [0.3, 0.4) is 0 Å². The van der Waals surface area contributed by atoms with Crippen LogP contribution in [0.2, 0.25) is 0 Å². The van der Waals surface area contributed by atoms with E-state index in [-0.39, 0.29) is 17.6 Å². The first kappa shape index (κ1) is 19.3. The van der Waals surface area contributed by atoms with Crippen LogP contribution in [0.1, 0.15) is 11.6 Å². The predicted molar refractivity (Wildman–Crippen MR) is 102 cm³/mol. The van der Waals surface area contributed by atoms with Gasteiger partial charge in [0.15, 0.2) is 0 Å². The molecule has 154 valence electrons. The molecule has 10 heteroatoms. The number of non-ortho nitro benzene ring substituents is 1. The largest absolute Gasteiger partial charge is 0.370 e. The second kappa shape index (κ2) is 7.80. The van der Waals surface area contributed by atoms with Crippen molar-refractivity contribution in [2.45, 2.75) is 6.04 Å². The monoisotopic (exact) mass is 402 g/mol. The molecule has 0 radical (unpaired) electrons. The van der Waals surface area contributed by atoms with Gasteiger partial charge in [-0.05, 0) is 5.56 Å². The minimum atomic E-state index is -0.693. The van der Waals surface area contributed by atoms with E-state index in [1.165, 1.54) is 21.9 Å². The number of urea groups is 1. The quantitative estimate of drug-likeness (QED) is 0.500. The molecule has 0 aromatic heterocycles. The number of amides is 3. The molecule has 1 fully saturated rings. The van der Waals surface area contributed by atoms with Crippen LogP contribution in [0.15, 0.2) is 35.5 Å². The number of nitrogens with one attached hydrogen (secondary N) is 2. The molecule has 0 saturated carbocycles. The van der Waals surface area contributed by atoms with Gasteiger partial charge in [-0.3, -0.25) is 19.8 Å². The fourth-order valence-corrected chi connectivity index (χ4v) is 4.08. The van der Waals surface area contributed by atoms with E-state index in [2.05, 4.69) is 5.32 Å². The summed E-state index contributed by atoms with van der Waals surface area (Å²) in [7, 11) is 1.64. The Bertz CT molecular complexity index is 879. The second-order valence-electron chi connectivity index (χ2n) is 7.49. The first-order valence-electron chi connectivity index (χ1n) is 9.68. The van der Waals surface area contributed by atoms with Crippen molar-refractivity contribution in [2.24, 2.45) is 0 Å². The fraction of sp³-hybridized carbons (Fsp3) is 0.474. The zero-order valence-corrected chi connectivity index (χ0v) is 16.2. The molecule has 0 aliphatic carbocycles. The molecule has 3 amide bonds. The predicted octanol–water partition coefficient (Wildman–Crippen LogP) is -0.698. The highest BCUT2D eigenvalue weighted by Crippen LogP contribution is 2.36. The highest BCUT2D eigenvalue weighted by Gasteiger charge is 2.43. The van der Waals surface area contributed by atoms with E-state index < -0.39 is 11.0 Å². The van der Waals surface area contributed by atoms with Crippen molar-refractivity contribution < 1.29 is 24.1 Å². The fourth-order valence-electron chi connectivity index (χ4n) is 4.08. The van der Waals surface area contributed by atoms with E-state index >= 15 is 0 Å². The van der Waals surface area contributed by atoms with Gasteiger partial charge in [0.1, 0.15) is 13.1 Å². The minimum Gasteiger partial charge on any atom is -0.370 e. The maximum absolute atomic E-state index is 13.2. The Hall–Kier alpha value is -2.98. The first-order valence-corrected chi connectivity index (χ1v) is 9.68. The Kier molecular flexibility index (Phi) is 5.20. The number of likely N-dealkylation sites (N-methyl/N-ethyl adjacent to an activating group) is 1. The summed E-state index contributed by atoms with van der Waals surface area (Å²) in [6.45, 7) is 5.08. The van der Waals surface area contributed by atoms with Crippen molar-refractivity contribution in [3.05, 3.63) is 51.2 Å². The maximum atomic E-state index is 13.2. The summed E-state index contributed by atoms with van der Waals surface area (Å²) in [4.78, 5) is 40.9. The van der Waals surface area contributed by atoms with Crippen LogP contribution in [-0.4, -0.2) is 79.6 Å². The second-order valence-corrected chi connectivity index (χ2v) is 7.49. The van der Waals surface area contributed by atoms with Crippen molar-refractivity contribution in [3.8, 4) is 0 Å². The van der Waals surface area contributed by atoms with Gasteiger partial charge in [-0.2, -0.15) is 0 Å². The van der Waals surface area contributed by atoms with Gasteiger partial charge in [0, 0.05) is 19.2 Å². The first-order chi connectivity index (χ1) is 14.0. The van der Waals surface area contributed by atoms with Gasteiger partial charge in [-0.25, -0.2) is 4.79 Å². The molecule has 0 bridgehead atoms. The van der Waals surface area contributed by atoms with Crippen molar-refractivity contribution in [1.82, 2.24) is 15.1 Å². The van der Waals surface area contributed by atoms with E-state index in [9.17, 15) is 19.7 Å². The van der Waals surface area contributed by atoms with Gasteiger partial charge in [-0.1, -0.05) is 12.1 Å². The Morgan fingerprint density at radius 1 is 1.31 bits per heavy atom. The third-order valence-corrected chi connectivity index (χ3v) is 5.78. The van der Waals surface area contributed by atoms with Gasteiger partial charge in [0.2, 0.25) is 0 Å². The Balaban J connectivity index is 1.57. The summed E-state index contributed by atoms with van der Waals surface area (Å²) in [5.74, 6) is -0.129. The molecule has 0 spiro atoms. The molecular formula is C19H24N5O5+. The highest BCUT2D eigenvalue weighted by molar-refractivity contribution is 6.01. The van der Waals surface area contributed by atoms with E-state index in [1.54, 1.807) is 24.1 Å². The number of benzene rings is 1. The molecule has 0 unspecified atom stereocenters. The number of carbonyl (C=O) groups excluding carboxylic acids is 2. The summed E-state index contributed by atoms with van der Waals surface area (Å²) < 4.78 is 5.38. The maximum Gasteiger partial charge on any atom is 0.322 e. The Morgan fingerprint density at radius 2 is 2.07 bits per heavy atom. The summed E-state index contributed by atoms with van der Waals surface area (Å²) in [5.41, 5.74) is 1.61. The minimum absolute atomic E-state index is 0.0731. The van der Waals surface area contributed by atoms with Crippen molar-refractivity contribution in [3.63, 3.8) is 0 Å². The van der Waals surface area contributed by atoms with Crippen LogP contribution in [-0.2, 0) is 9.53 Å². The van der Waals surface area contributed by atoms with E-state index in [0.29, 0.717) is 29.9 Å². The van der Waals surface area contributed by atoms with Gasteiger partial charge < -0.3 is 19.9 Å². The molecule has 3 heterocycles. The molecule has 1 atom stereocenters.